The first kappa shape index (κ1) is 33.5. The molecule has 2 aliphatic rings. The van der Waals surface area contributed by atoms with E-state index >= 15 is 4.39 Å². The highest BCUT2D eigenvalue weighted by Gasteiger charge is 2.46. The van der Waals surface area contributed by atoms with E-state index in [0.717, 1.165) is 16.5 Å². The third-order valence-corrected chi connectivity index (χ3v) is 8.07. The van der Waals surface area contributed by atoms with E-state index in [1.807, 2.05) is 0 Å². The van der Waals surface area contributed by atoms with Crippen LogP contribution in [0.2, 0.25) is 5.02 Å². The quantitative estimate of drug-likeness (QED) is 0.314. The number of hydrogen-bond acceptors (Lipinski definition) is 5. The van der Waals surface area contributed by atoms with Gasteiger partial charge in [-0.05, 0) is 57.4 Å². The number of carbonyl (C=O) groups excluding carboxylic acids is 3. The van der Waals surface area contributed by atoms with Gasteiger partial charge < -0.3 is 5.32 Å². The molecule has 1 N–H and O–H groups in total. The molecular formula is C33H33ClF3N5O3. The first-order chi connectivity index (χ1) is 21.4. The number of allylic oxidation sites excluding steroid dienone is 4. The molecule has 8 nitrogen and oxygen atoms in total. The number of alkyl halides is 2. The highest BCUT2D eigenvalue weighted by atomic mass is 35.5. The van der Waals surface area contributed by atoms with Crippen LogP contribution in [0.25, 0.3) is 0 Å². The van der Waals surface area contributed by atoms with Gasteiger partial charge in [-0.15, -0.1) is 0 Å². The summed E-state index contributed by atoms with van der Waals surface area (Å²) in [4.78, 5) is 48.2. The van der Waals surface area contributed by atoms with Crippen molar-refractivity contribution in [2.45, 2.75) is 76.4 Å². The van der Waals surface area contributed by atoms with Gasteiger partial charge in [0.05, 0.1) is 5.56 Å². The van der Waals surface area contributed by atoms with Gasteiger partial charge in [-0.3, -0.25) is 24.2 Å². The molecule has 4 rings (SSSR count). The number of nitriles is 1. The van der Waals surface area contributed by atoms with Gasteiger partial charge in [0.1, 0.15) is 18.2 Å². The number of pyridine rings is 1. The van der Waals surface area contributed by atoms with E-state index in [1.165, 1.54) is 23.2 Å². The van der Waals surface area contributed by atoms with Crippen molar-refractivity contribution >= 4 is 35.1 Å². The van der Waals surface area contributed by atoms with Crippen molar-refractivity contribution in [3.8, 4) is 6.07 Å². The maximum absolute atomic E-state index is 15.3. The average Bonchev–Trinajstić information content (AvgIpc) is 3.37. The number of halogens is 4. The molecule has 3 amide bonds. The standard InChI is InChI=1S/C33H33ClF3N5O3/c1-4-7-23(18-20(2)3)41(32(45)26-10-11-27(43)42(26)30-28(35)21(19-38)14-17-39-30)29(24-8-5-6-9-25(24)34)31(44)40-22-12-15-33(36,37)16-13-22/h4-9,14,17-18,22,26,29H,1,10-13,15-16H2,2-3H3,(H,40,44). The van der Waals surface area contributed by atoms with Gasteiger partial charge in [-0.1, -0.05) is 48.0 Å². The molecule has 236 valence electrons. The molecular weight excluding hydrogens is 607 g/mol. The van der Waals surface area contributed by atoms with Gasteiger partial charge >= 0.3 is 0 Å². The van der Waals surface area contributed by atoms with Crippen LogP contribution in [-0.2, 0) is 14.4 Å². The van der Waals surface area contributed by atoms with Crippen LogP contribution in [-0.4, -0.2) is 45.6 Å². The molecule has 45 heavy (non-hydrogen) atoms. The molecule has 2 heterocycles. The fourth-order valence-corrected chi connectivity index (χ4v) is 5.85. The van der Waals surface area contributed by atoms with Crippen molar-refractivity contribution in [2.75, 3.05) is 4.90 Å². The Morgan fingerprint density at radius 3 is 2.53 bits per heavy atom. The van der Waals surface area contributed by atoms with Crippen molar-refractivity contribution in [3.05, 3.63) is 94.6 Å². The fraction of sp³-hybridized carbons (Fsp3) is 0.364. The number of carbonyl (C=O) groups is 3. The Kier molecular flexibility index (Phi) is 10.5. The lowest BCUT2D eigenvalue weighted by Crippen LogP contribution is -2.52. The zero-order chi connectivity index (χ0) is 32.9. The molecule has 1 aromatic heterocycles. The Hall–Kier alpha value is -4.43. The lowest BCUT2D eigenvalue weighted by atomic mass is 9.91. The molecule has 1 aromatic carbocycles. The van der Waals surface area contributed by atoms with E-state index < -0.39 is 66.2 Å². The van der Waals surface area contributed by atoms with Gasteiger partial charge in [0.15, 0.2) is 11.6 Å². The van der Waals surface area contributed by atoms with E-state index in [0.29, 0.717) is 0 Å². The molecule has 0 bridgehead atoms. The molecule has 1 aliphatic carbocycles. The van der Waals surface area contributed by atoms with E-state index in [9.17, 15) is 28.4 Å². The molecule has 12 heteroatoms. The van der Waals surface area contributed by atoms with Crippen molar-refractivity contribution < 1.29 is 27.6 Å². The minimum Gasteiger partial charge on any atom is -0.351 e. The van der Waals surface area contributed by atoms with Crippen LogP contribution in [0.15, 0.2) is 72.6 Å². The maximum atomic E-state index is 15.3. The minimum absolute atomic E-state index is 0.0309. The van der Waals surface area contributed by atoms with Crippen molar-refractivity contribution in [1.82, 2.24) is 15.2 Å². The summed E-state index contributed by atoms with van der Waals surface area (Å²) in [5.74, 6) is -6.36. The fourth-order valence-electron chi connectivity index (χ4n) is 5.61. The van der Waals surface area contributed by atoms with Crippen LogP contribution in [0.4, 0.5) is 19.0 Å². The number of aromatic nitrogens is 1. The highest BCUT2D eigenvalue weighted by Crippen LogP contribution is 2.38. The van der Waals surface area contributed by atoms with Crippen LogP contribution < -0.4 is 10.2 Å². The van der Waals surface area contributed by atoms with Crippen molar-refractivity contribution in [1.29, 1.82) is 5.26 Å². The SMILES string of the molecule is C=CC=C(C=C(C)C)N(C(=O)C1CCC(=O)N1c1nccc(C#N)c1F)C(C(=O)NC1CCC(F)(F)CC1)c1ccccc1Cl. The van der Waals surface area contributed by atoms with Gasteiger partial charge in [0.2, 0.25) is 17.7 Å². The lowest BCUT2D eigenvalue weighted by Gasteiger charge is -2.37. The summed E-state index contributed by atoms with van der Waals surface area (Å²) >= 11 is 6.61. The zero-order valence-corrected chi connectivity index (χ0v) is 25.7. The van der Waals surface area contributed by atoms with Crippen LogP contribution in [0.1, 0.15) is 69.5 Å². The second kappa shape index (κ2) is 14.1. The molecule has 2 aromatic rings. The Balaban J connectivity index is 1.87. The van der Waals surface area contributed by atoms with Crippen molar-refractivity contribution in [3.63, 3.8) is 0 Å². The molecule has 2 unspecified atom stereocenters. The third-order valence-electron chi connectivity index (χ3n) is 7.73. The van der Waals surface area contributed by atoms with Gasteiger partial charge in [0, 0.05) is 47.8 Å². The maximum Gasteiger partial charge on any atom is 0.251 e. The summed E-state index contributed by atoms with van der Waals surface area (Å²) in [5.41, 5.74) is 0.868. The number of hydrogen-bond donors (Lipinski definition) is 1. The molecule has 0 radical (unpaired) electrons. The van der Waals surface area contributed by atoms with Crippen LogP contribution >= 0.6 is 11.6 Å². The number of rotatable bonds is 9. The lowest BCUT2D eigenvalue weighted by molar-refractivity contribution is -0.140. The monoisotopic (exact) mass is 639 g/mol. The summed E-state index contributed by atoms with van der Waals surface area (Å²) < 4.78 is 43.1. The summed E-state index contributed by atoms with van der Waals surface area (Å²) in [6.07, 6.45) is 4.89. The first-order valence-corrected chi connectivity index (χ1v) is 14.9. The third kappa shape index (κ3) is 7.45. The molecule has 1 aliphatic heterocycles. The van der Waals surface area contributed by atoms with E-state index in [-0.39, 0.29) is 47.5 Å². The number of benzene rings is 1. The summed E-state index contributed by atoms with van der Waals surface area (Å²) in [6, 6.07) is 5.98. The summed E-state index contributed by atoms with van der Waals surface area (Å²) in [6.45, 7) is 7.32. The second-order valence-electron chi connectivity index (χ2n) is 11.2. The normalized spacial score (nSPS) is 19.0. The Morgan fingerprint density at radius 1 is 1.22 bits per heavy atom. The summed E-state index contributed by atoms with van der Waals surface area (Å²) in [7, 11) is 0. The number of nitrogens with one attached hydrogen (secondary N) is 1. The topological polar surface area (TPSA) is 106 Å². The Labute approximate surface area is 264 Å². The number of anilines is 1. The van der Waals surface area contributed by atoms with Gasteiger partial charge in [-0.2, -0.15) is 5.26 Å². The number of amides is 3. The molecule has 2 atom stereocenters. The smallest absolute Gasteiger partial charge is 0.251 e. The molecule has 1 saturated heterocycles. The molecule has 1 saturated carbocycles. The minimum atomic E-state index is -2.82. The largest absolute Gasteiger partial charge is 0.351 e. The average molecular weight is 640 g/mol. The summed E-state index contributed by atoms with van der Waals surface area (Å²) in [5, 5.41) is 12.4. The van der Waals surface area contributed by atoms with Crippen LogP contribution in [0, 0.1) is 17.1 Å². The van der Waals surface area contributed by atoms with Gasteiger partial charge in [0.25, 0.3) is 5.91 Å². The van der Waals surface area contributed by atoms with E-state index in [2.05, 4.69) is 16.9 Å². The Bertz CT molecular complexity index is 1590. The predicted octanol–water partition coefficient (Wildman–Crippen LogP) is 6.54. The van der Waals surface area contributed by atoms with Crippen LogP contribution in [0.3, 0.4) is 0 Å². The zero-order valence-electron chi connectivity index (χ0n) is 24.9. The van der Waals surface area contributed by atoms with E-state index in [4.69, 9.17) is 11.6 Å². The first-order valence-electron chi connectivity index (χ1n) is 14.5. The van der Waals surface area contributed by atoms with E-state index in [1.54, 1.807) is 50.3 Å². The van der Waals surface area contributed by atoms with Gasteiger partial charge in [-0.25, -0.2) is 18.2 Å². The highest BCUT2D eigenvalue weighted by molar-refractivity contribution is 6.31. The van der Waals surface area contributed by atoms with Crippen LogP contribution in [0.5, 0.6) is 0 Å². The Morgan fingerprint density at radius 2 is 1.91 bits per heavy atom. The number of nitrogens with zero attached hydrogens (tertiary/aromatic N) is 4. The second-order valence-corrected chi connectivity index (χ2v) is 11.7. The predicted molar refractivity (Wildman–Crippen MR) is 164 cm³/mol. The molecule has 2 fully saturated rings. The molecule has 0 spiro atoms. The van der Waals surface area contributed by atoms with Crippen molar-refractivity contribution in [2.24, 2.45) is 0 Å².